The average molecular weight is 669 g/mol. The van der Waals surface area contributed by atoms with Crippen molar-refractivity contribution in [2.45, 2.75) is 104 Å². The van der Waals surface area contributed by atoms with Crippen molar-refractivity contribution >= 4 is 0 Å². The molecule has 0 aromatic carbocycles. The molecule has 0 aliphatic carbocycles. The van der Waals surface area contributed by atoms with Crippen molar-refractivity contribution < 1.29 is 47.7 Å². The van der Waals surface area contributed by atoms with E-state index in [2.05, 4.69) is 66.0 Å². The third-order valence-electron chi connectivity index (χ3n) is 6.42. The van der Waals surface area contributed by atoms with Gasteiger partial charge in [0.2, 0.25) is 0 Å². The molecule has 0 saturated carbocycles. The smallest absolute Gasteiger partial charge is 0.101 e. The van der Waals surface area contributed by atoms with Crippen LogP contribution in [0.3, 0.4) is 0 Å². The molecule has 0 bridgehead atoms. The summed E-state index contributed by atoms with van der Waals surface area (Å²) >= 11 is 0. The van der Waals surface area contributed by atoms with Gasteiger partial charge >= 0.3 is 0 Å². The molecule has 278 valence electrons. The van der Waals surface area contributed by atoms with Crippen LogP contribution in [-0.4, -0.2) is 153 Å². The van der Waals surface area contributed by atoms with Crippen molar-refractivity contribution in [3.63, 3.8) is 0 Å². The molecule has 0 fully saturated rings. The van der Waals surface area contributed by atoms with Gasteiger partial charge in [-0.2, -0.15) is 0 Å². The van der Waals surface area contributed by atoms with E-state index in [0.29, 0.717) is 92.5 Å². The number of hydrogen-bond donors (Lipinski definition) is 3. The molecule has 0 heterocycles. The highest BCUT2D eigenvalue weighted by molar-refractivity contribution is 4.71. The van der Waals surface area contributed by atoms with Crippen molar-refractivity contribution in [1.29, 1.82) is 0 Å². The zero-order valence-corrected chi connectivity index (χ0v) is 30.9. The summed E-state index contributed by atoms with van der Waals surface area (Å²) in [4.78, 5) is 0. The first-order chi connectivity index (χ1) is 21.7. The number of aliphatic hydroxyl groups is 1. The number of ether oxygens (including phenoxy) is 9. The average Bonchev–Trinajstić information content (AvgIpc) is 2.96. The second kappa shape index (κ2) is 28.4. The molecule has 0 radical (unpaired) electrons. The maximum Gasteiger partial charge on any atom is 0.101 e. The molecule has 1 unspecified atom stereocenters. The van der Waals surface area contributed by atoms with Gasteiger partial charge in [0.1, 0.15) is 6.10 Å². The summed E-state index contributed by atoms with van der Waals surface area (Å²) in [6, 6.07) is 0. The first kappa shape index (κ1) is 45.5. The number of aliphatic hydroxyl groups excluding tert-OH is 1. The molecule has 0 aliphatic rings. The fraction of sp³-hybridized carbons (Fsp3) is 1.00. The van der Waals surface area contributed by atoms with Crippen LogP contribution in [0.15, 0.2) is 0 Å². The van der Waals surface area contributed by atoms with Gasteiger partial charge in [-0.05, 0) is 75.2 Å². The SMILES string of the molecule is C[C@H](CCC(C)(C)OCCOCCOCCOCCOCCNC(C)(C)C)OCC(O)COCCOCCOCCNC(C)(C)C. The topological polar surface area (TPSA) is 127 Å². The highest BCUT2D eigenvalue weighted by atomic mass is 16.6. The molecule has 0 aromatic rings. The quantitative estimate of drug-likeness (QED) is 0.0889. The van der Waals surface area contributed by atoms with Crippen LogP contribution in [0, 0.1) is 0 Å². The lowest BCUT2D eigenvalue weighted by Crippen LogP contribution is -2.38. The monoisotopic (exact) mass is 669 g/mol. The Balaban J connectivity index is 3.52. The largest absolute Gasteiger partial charge is 0.388 e. The normalized spacial score (nSPS) is 14.2. The fourth-order valence-corrected chi connectivity index (χ4v) is 3.82. The Labute approximate surface area is 281 Å². The molecule has 46 heavy (non-hydrogen) atoms. The third-order valence-corrected chi connectivity index (χ3v) is 6.42. The molecular formula is C34H72N2O10. The van der Waals surface area contributed by atoms with Gasteiger partial charge in [-0.3, -0.25) is 0 Å². The van der Waals surface area contributed by atoms with Crippen LogP contribution >= 0.6 is 0 Å². The van der Waals surface area contributed by atoms with E-state index in [1.165, 1.54) is 0 Å². The van der Waals surface area contributed by atoms with Crippen molar-refractivity contribution in [2.75, 3.05) is 119 Å². The molecule has 3 N–H and O–H groups in total. The standard InChI is InChI=1S/C34H72N2O10/c1-30(45-29-31(37)28-44-25-24-42-19-17-39-15-13-36-33(5,6)7)10-11-34(8,9)46-27-26-43-23-22-41-21-20-40-18-16-38-14-12-35-32(2,3)4/h30-31,35-37H,10-29H2,1-9H3/t30-,31?/m1/s1. The van der Waals surface area contributed by atoms with Crippen molar-refractivity contribution in [3.05, 3.63) is 0 Å². The Bertz CT molecular complexity index is 659. The van der Waals surface area contributed by atoms with E-state index in [0.717, 1.165) is 25.9 Å². The molecule has 0 saturated heterocycles. The van der Waals surface area contributed by atoms with Crippen LogP contribution in [0.4, 0.5) is 0 Å². The summed E-state index contributed by atoms with van der Waals surface area (Å²) in [6.45, 7) is 28.6. The molecule has 0 aliphatic heterocycles. The number of hydrogen-bond acceptors (Lipinski definition) is 12. The Hall–Kier alpha value is -0.480. The minimum Gasteiger partial charge on any atom is -0.388 e. The first-order valence-electron chi connectivity index (χ1n) is 17.2. The van der Waals surface area contributed by atoms with Crippen molar-refractivity contribution in [2.24, 2.45) is 0 Å². The molecule has 0 aromatic heterocycles. The molecule has 0 amide bonds. The molecule has 2 atom stereocenters. The van der Waals surface area contributed by atoms with Gasteiger partial charge in [0.05, 0.1) is 117 Å². The molecule has 12 nitrogen and oxygen atoms in total. The van der Waals surface area contributed by atoms with Gasteiger partial charge in [0.25, 0.3) is 0 Å². The van der Waals surface area contributed by atoms with Crippen LogP contribution in [0.25, 0.3) is 0 Å². The molecule has 12 heteroatoms. The van der Waals surface area contributed by atoms with Gasteiger partial charge in [0, 0.05) is 24.2 Å². The fourth-order valence-electron chi connectivity index (χ4n) is 3.82. The maximum atomic E-state index is 10.2. The Kier molecular flexibility index (Phi) is 28.1. The maximum absolute atomic E-state index is 10.2. The van der Waals surface area contributed by atoms with Gasteiger partial charge in [-0.25, -0.2) is 0 Å². The molecular weight excluding hydrogens is 596 g/mol. The zero-order chi connectivity index (χ0) is 34.6. The second-order valence-electron chi connectivity index (χ2n) is 14.0. The second-order valence-corrected chi connectivity index (χ2v) is 14.0. The van der Waals surface area contributed by atoms with Crippen LogP contribution in [0.1, 0.15) is 75.2 Å². The predicted molar refractivity (Wildman–Crippen MR) is 182 cm³/mol. The third kappa shape index (κ3) is 36.4. The first-order valence-corrected chi connectivity index (χ1v) is 17.2. The number of nitrogens with one attached hydrogen (secondary N) is 2. The van der Waals surface area contributed by atoms with Gasteiger partial charge < -0.3 is 58.4 Å². The van der Waals surface area contributed by atoms with Crippen molar-refractivity contribution in [1.82, 2.24) is 10.6 Å². The van der Waals surface area contributed by atoms with E-state index >= 15 is 0 Å². The van der Waals surface area contributed by atoms with Gasteiger partial charge in [-0.1, -0.05) is 0 Å². The van der Waals surface area contributed by atoms with Crippen LogP contribution in [0.2, 0.25) is 0 Å². The Morgan fingerprint density at radius 2 is 0.870 bits per heavy atom. The minimum atomic E-state index is -0.676. The van der Waals surface area contributed by atoms with Crippen LogP contribution in [0.5, 0.6) is 0 Å². The highest BCUT2D eigenvalue weighted by Gasteiger charge is 2.20. The summed E-state index contributed by atoms with van der Waals surface area (Å²) in [5, 5.41) is 16.9. The summed E-state index contributed by atoms with van der Waals surface area (Å²) in [6.07, 6.45) is 0.974. The molecule has 0 spiro atoms. The lowest BCUT2D eigenvalue weighted by Gasteiger charge is -2.27. The summed E-state index contributed by atoms with van der Waals surface area (Å²) < 4.78 is 50.5. The summed E-state index contributed by atoms with van der Waals surface area (Å²) in [7, 11) is 0. The van der Waals surface area contributed by atoms with Gasteiger partial charge in [0.15, 0.2) is 0 Å². The van der Waals surface area contributed by atoms with Crippen LogP contribution < -0.4 is 10.6 Å². The summed E-state index contributed by atoms with van der Waals surface area (Å²) in [5.41, 5.74) is -0.0814. The lowest BCUT2D eigenvalue weighted by atomic mass is 10.0. The van der Waals surface area contributed by atoms with Crippen molar-refractivity contribution in [3.8, 4) is 0 Å². The predicted octanol–water partition coefficient (Wildman–Crippen LogP) is 3.22. The Morgan fingerprint density at radius 1 is 0.500 bits per heavy atom. The van der Waals surface area contributed by atoms with E-state index in [9.17, 15) is 5.11 Å². The van der Waals surface area contributed by atoms with E-state index in [1.807, 2.05) is 6.92 Å². The van der Waals surface area contributed by atoms with E-state index in [-0.39, 0.29) is 36.0 Å². The van der Waals surface area contributed by atoms with Crippen LogP contribution in [-0.2, 0) is 42.6 Å². The zero-order valence-electron chi connectivity index (χ0n) is 30.9. The highest BCUT2D eigenvalue weighted by Crippen LogP contribution is 2.19. The van der Waals surface area contributed by atoms with E-state index < -0.39 is 6.10 Å². The van der Waals surface area contributed by atoms with E-state index in [4.69, 9.17) is 42.6 Å². The Morgan fingerprint density at radius 3 is 1.28 bits per heavy atom. The molecule has 0 rings (SSSR count). The van der Waals surface area contributed by atoms with E-state index in [1.54, 1.807) is 0 Å². The lowest BCUT2D eigenvalue weighted by molar-refractivity contribution is -0.0736. The summed E-state index contributed by atoms with van der Waals surface area (Å²) in [5.74, 6) is 0. The minimum absolute atomic E-state index is 0.0000859. The van der Waals surface area contributed by atoms with Gasteiger partial charge in [-0.15, -0.1) is 0 Å². The number of rotatable bonds is 33.